The molecular weight excluding hydrogens is 468 g/mol. The summed E-state index contributed by atoms with van der Waals surface area (Å²) in [5.74, 6) is 0. The number of aromatic nitrogens is 2. The minimum absolute atomic E-state index is 0.891. The van der Waals surface area contributed by atoms with Crippen LogP contribution >= 0.6 is 11.3 Å². The average Bonchev–Trinajstić information content (AvgIpc) is 3.35. The van der Waals surface area contributed by atoms with Crippen LogP contribution in [0.5, 0.6) is 0 Å². The van der Waals surface area contributed by atoms with Gasteiger partial charge in [-0.05, 0) is 57.6 Å². The van der Waals surface area contributed by atoms with Crippen LogP contribution in [0.2, 0.25) is 0 Å². The molecule has 0 aliphatic heterocycles. The van der Waals surface area contributed by atoms with Crippen molar-refractivity contribution in [3.8, 4) is 22.5 Å². The van der Waals surface area contributed by atoms with Gasteiger partial charge in [-0.15, -0.1) is 11.3 Å². The second-order valence-corrected chi connectivity index (χ2v) is 10.5. The van der Waals surface area contributed by atoms with Gasteiger partial charge < -0.3 is 0 Å². The number of thiophene rings is 1. The van der Waals surface area contributed by atoms with Gasteiger partial charge in [0, 0.05) is 37.1 Å². The topological polar surface area (TPSA) is 25.8 Å². The maximum Gasteiger partial charge on any atom is 0.0972 e. The fourth-order valence-corrected chi connectivity index (χ4v) is 6.73. The number of para-hydroxylation sites is 1. The normalized spacial score (nSPS) is 11.8. The number of fused-ring (bicyclic) bond motifs is 8. The van der Waals surface area contributed by atoms with Gasteiger partial charge in [0.15, 0.2) is 0 Å². The van der Waals surface area contributed by atoms with Crippen molar-refractivity contribution >= 4 is 64.0 Å². The molecule has 0 aliphatic carbocycles. The van der Waals surface area contributed by atoms with E-state index in [1.807, 2.05) is 23.6 Å². The number of benzene rings is 5. The van der Waals surface area contributed by atoms with E-state index < -0.39 is 0 Å². The molecule has 2 nitrogen and oxygen atoms in total. The van der Waals surface area contributed by atoms with E-state index in [4.69, 9.17) is 9.97 Å². The zero-order valence-electron chi connectivity index (χ0n) is 19.8. The van der Waals surface area contributed by atoms with Crippen LogP contribution in [0.4, 0.5) is 0 Å². The van der Waals surface area contributed by atoms with Crippen molar-refractivity contribution in [1.82, 2.24) is 9.97 Å². The number of hydrogen-bond donors (Lipinski definition) is 0. The first-order chi connectivity index (χ1) is 18.3. The SMILES string of the molecule is c1ccc2c(c1)ccc1sc3cc(-c4ccnc(-c5nc6ccccc6c6ccccc56)c4)ccc3c12. The monoisotopic (exact) mass is 488 g/mol. The van der Waals surface area contributed by atoms with E-state index in [2.05, 4.69) is 109 Å². The summed E-state index contributed by atoms with van der Waals surface area (Å²) < 4.78 is 2.63. The number of hydrogen-bond acceptors (Lipinski definition) is 3. The molecule has 5 aromatic carbocycles. The lowest BCUT2D eigenvalue weighted by atomic mass is 9.99. The highest BCUT2D eigenvalue weighted by Crippen LogP contribution is 2.40. The van der Waals surface area contributed by atoms with Gasteiger partial charge >= 0.3 is 0 Å². The standard InChI is InChI=1S/C34H20N2S/c1-2-8-24-21(7-1)14-16-31-33(24)28-15-13-22(20-32(28)37-31)23-17-18-35-30(19-23)34-27-11-4-3-9-25(27)26-10-5-6-12-29(26)36-34/h1-20H. The molecule has 0 bridgehead atoms. The molecule has 3 heterocycles. The predicted molar refractivity (Wildman–Crippen MR) is 158 cm³/mol. The first kappa shape index (κ1) is 20.6. The fraction of sp³-hybridized carbons (Fsp3) is 0. The van der Waals surface area contributed by atoms with Gasteiger partial charge in [-0.25, -0.2) is 4.98 Å². The Morgan fingerprint density at radius 2 is 1.27 bits per heavy atom. The molecule has 0 saturated heterocycles. The molecule has 37 heavy (non-hydrogen) atoms. The zero-order valence-corrected chi connectivity index (χ0v) is 20.7. The van der Waals surface area contributed by atoms with Crippen LogP contribution in [0.15, 0.2) is 121 Å². The molecule has 3 heteroatoms. The zero-order chi connectivity index (χ0) is 24.3. The largest absolute Gasteiger partial charge is 0.255 e. The Bertz CT molecular complexity index is 2160. The molecule has 0 radical (unpaired) electrons. The Labute approximate surface area is 217 Å². The van der Waals surface area contributed by atoms with E-state index in [1.165, 1.54) is 47.3 Å². The average molecular weight is 489 g/mol. The Morgan fingerprint density at radius 3 is 2.19 bits per heavy atom. The van der Waals surface area contributed by atoms with Crippen molar-refractivity contribution in [1.29, 1.82) is 0 Å². The molecule has 0 spiro atoms. The van der Waals surface area contributed by atoms with Gasteiger partial charge in [0.05, 0.1) is 16.9 Å². The van der Waals surface area contributed by atoms with Crippen LogP contribution in [0.25, 0.3) is 75.1 Å². The van der Waals surface area contributed by atoms with E-state index in [-0.39, 0.29) is 0 Å². The Morgan fingerprint density at radius 1 is 0.514 bits per heavy atom. The smallest absolute Gasteiger partial charge is 0.0972 e. The first-order valence-corrected chi connectivity index (χ1v) is 13.2. The molecule has 0 fully saturated rings. The van der Waals surface area contributed by atoms with Crippen molar-refractivity contribution in [2.75, 3.05) is 0 Å². The van der Waals surface area contributed by atoms with Crippen LogP contribution in [0, 0.1) is 0 Å². The van der Waals surface area contributed by atoms with Crippen LogP contribution in [0.3, 0.4) is 0 Å². The van der Waals surface area contributed by atoms with Crippen molar-refractivity contribution in [2.24, 2.45) is 0 Å². The quantitative estimate of drug-likeness (QED) is 0.226. The van der Waals surface area contributed by atoms with Gasteiger partial charge in [0.2, 0.25) is 0 Å². The fourth-order valence-electron chi connectivity index (χ4n) is 5.56. The van der Waals surface area contributed by atoms with Gasteiger partial charge in [-0.2, -0.15) is 0 Å². The van der Waals surface area contributed by atoms with Crippen molar-refractivity contribution in [2.45, 2.75) is 0 Å². The molecule has 172 valence electrons. The van der Waals surface area contributed by atoms with Crippen LogP contribution < -0.4 is 0 Å². The minimum Gasteiger partial charge on any atom is -0.255 e. The summed E-state index contributed by atoms with van der Waals surface area (Å²) in [5.41, 5.74) is 5.14. The van der Waals surface area contributed by atoms with Crippen molar-refractivity contribution in [3.63, 3.8) is 0 Å². The Kier molecular flexibility index (Phi) is 4.42. The van der Waals surface area contributed by atoms with Gasteiger partial charge in [-0.3, -0.25) is 4.98 Å². The Balaban J connectivity index is 1.31. The molecule has 0 aliphatic rings. The second kappa shape index (κ2) is 7.95. The third-order valence-corrected chi connectivity index (χ3v) is 8.42. The van der Waals surface area contributed by atoms with Crippen molar-refractivity contribution in [3.05, 3.63) is 121 Å². The summed E-state index contributed by atoms with van der Waals surface area (Å²) in [7, 11) is 0. The summed E-state index contributed by atoms with van der Waals surface area (Å²) in [6.45, 7) is 0. The lowest BCUT2D eigenvalue weighted by Crippen LogP contribution is -1.92. The highest BCUT2D eigenvalue weighted by Gasteiger charge is 2.13. The number of pyridine rings is 2. The molecule has 0 unspecified atom stereocenters. The summed E-state index contributed by atoms with van der Waals surface area (Å²) in [5, 5.41) is 8.77. The highest BCUT2D eigenvalue weighted by atomic mass is 32.1. The minimum atomic E-state index is 0.891. The van der Waals surface area contributed by atoms with E-state index >= 15 is 0 Å². The van der Waals surface area contributed by atoms with Gasteiger partial charge in [-0.1, -0.05) is 84.9 Å². The molecule has 0 atom stereocenters. The third-order valence-electron chi connectivity index (χ3n) is 7.31. The maximum atomic E-state index is 5.06. The lowest BCUT2D eigenvalue weighted by molar-refractivity contribution is 1.29. The summed E-state index contributed by atoms with van der Waals surface area (Å²) in [6, 6.07) is 41.0. The lowest BCUT2D eigenvalue weighted by Gasteiger charge is -2.10. The van der Waals surface area contributed by atoms with E-state index in [0.29, 0.717) is 0 Å². The van der Waals surface area contributed by atoms with Crippen LogP contribution in [-0.2, 0) is 0 Å². The highest BCUT2D eigenvalue weighted by molar-refractivity contribution is 7.26. The molecular formula is C34H20N2S. The van der Waals surface area contributed by atoms with E-state index in [9.17, 15) is 0 Å². The summed E-state index contributed by atoms with van der Waals surface area (Å²) in [4.78, 5) is 9.82. The summed E-state index contributed by atoms with van der Waals surface area (Å²) >= 11 is 1.86. The van der Waals surface area contributed by atoms with Crippen LogP contribution in [-0.4, -0.2) is 9.97 Å². The maximum absolute atomic E-state index is 5.06. The van der Waals surface area contributed by atoms with Crippen molar-refractivity contribution < 1.29 is 0 Å². The molecule has 8 aromatic rings. The van der Waals surface area contributed by atoms with Gasteiger partial charge in [0.1, 0.15) is 0 Å². The molecule has 3 aromatic heterocycles. The van der Waals surface area contributed by atoms with E-state index in [0.717, 1.165) is 27.9 Å². The Hall–Kier alpha value is -4.60. The predicted octanol–water partition coefficient (Wildman–Crippen LogP) is 9.64. The number of rotatable bonds is 2. The third kappa shape index (κ3) is 3.18. The first-order valence-electron chi connectivity index (χ1n) is 12.4. The summed E-state index contributed by atoms with van der Waals surface area (Å²) in [6.07, 6.45) is 1.90. The molecule has 0 N–H and O–H groups in total. The van der Waals surface area contributed by atoms with E-state index in [1.54, 1.807) is 0 Å². The molecule has 0 saturated carbocycles. The molecule has 0 amide bonds. The van der Waals surface area contributed by atoms with Crippen LogP contribution in [0.1, 0.15) is 0 Å². The molecule has 8 rings (SSSR count). The second-order valence-electron chi connectivity index (χ2n) is 9.43. The number of nitrogens with zero attached hydrogens (tertiary/aromatic N) is 2. The van der Waals surface area contributed by atoms with Gasteiger partial charge in [0.25, 0.3) is 0 Å².